The van der Waals surface area contributed by atoms with Crippen molar-refractivity contribution in [3.05, 3.63) is 29.5 Å². The molecule has 1 aromatic carbocycles. The maximum atomic E-state index is 10.8. The van der Waals surface area contributed by atoms with E-state index in [1.54, 1.807) is 18.4 Å². The normalized spacial score (nSPS) is 10.4. The van der Waals surface area contributed by atoms with Crippen LogP contribution in [0.4, 0.5) is 0 Å². The van der Waals surface area contributed by atoms with Crippen LogP contribution in [-0.2, 0) is 0 Å². The van der Waals surface area contributed by atoms with E-state index in [9.17, 15) is 4.79 Å². The number of methoxy groups -OCH3 is 1. The number of aldehydes is 1. The molecule has 3 heteroatoms. The number of carbonyl (C=O) groups excluding carboxylic acids is 1. The fourth-order valence-corrected chi connectivity index (χ4v) is 1.47. The summed E-state index contributed by atoms with van der Waals surface area (Å²) < 4.78 is 10.4. The highest BCUT2D eigenvalue weighted by Crippen LogP contribution is 2.27. The minimum absolute atomic E-state index is 0.543. The SMILES string of the molecule is COc1cc2occ(C)c2cc1C=O. The van der Waals surface area contributed by atoms with Crippen molar-refractivity contribution in [2.75, 3.05) is 7.11 Å². The van der Waals surface area contributed by atoms with Crippen LogP contribution in [0.25, 0.3) is 11.0 Å². The second-order valence-electron chi connectivity index (χ2n) is 3.13. The Morgan fingerprint density at radius 1 is 1.43 bits per heavy atom. The summed E-state index contributed by atoms with van der Waals surface area (Å²) in [6, 6.07) is 3.51. The number of aryl methyl sites for hydroxylation is 1. The summed E-state index contributed by atoms with van der Waals surface area (Å²) >= 11 is 0. The number of hydrogen-bond donors (Lipinski definition) is 0. The van der Waals surface area contributed by atoms with Gasteiger partial charge in [-0.15, -0.1) is 0 Å². The molecule has 0 radical (unpaired) electrons. The lowest BCUT2D eigenvalue weighted by molar-refractivity contribution is 0.112. The van der Waals surface area contributed by atoms with E-state index in [2.05, 4.69) is 0 Å². The van der Waals surface area contributed by atoms with Crippen molar-refractivity contribution in [3.8, 4) is 5.75 Å². The highest BCUT2D eigenvalue weighted by atomic mass is 16.5. The van der Waals surface area contributed by atoms with Gasteiger partial charge in [0.25, 0.3) is 0 Å². The molecular weight excluding hydrogens is 180 g/mol. The zero-order valence-corrected chi connectivity index (χ0v) is 8.03. The molecule has 3 nitrogen and oxygen atoms in total. The van der Waals surface area contributed by atoms with Gasteiger partial charge in [0, 0.05) is 11.5 Å². The second kappa shape index (κ2) is 3.18. The zero-order valence-electron chi connectivity index (χ0n) is 8.03. The summed E-state index contributed by atoms with van der Waals surface area (Å²) in [6.07, 6.45) is 2.45. The van der Waals surface area contributed by atoms with Crippen LogP contribution in [0.2, 0.25) is 0 Å². The van der Waals surface area contributed by atoms with Crippen LogP contribution >= 0.6 is 0 Å². The first-order valence-corrected chi connectivity index (χ1v) is 4.27. The summed E-state index contributed by atoms with van der Waals surface area (Å²) in [5.41, 5.74) is 2.31. The van der Waals surface area contributed by atoms with E-state index in [-0.39, 0.29) is 0 Å². The Hall–Kier alpha value is -1.77. The van der Waals surface area contributed by atoms with E-state index in [4.69, 9.17) is 9.15 Å². The molecule has 72 valence electrons. The number of benzene rings is 1. The Morgan fingerprint density at radius 2 is 2.21 bits per heavy atom. The van der Waals surface area contributed by atoms with Gasteiger partial charge in [-0.05, 0) is 18.6 Å². The van der Waals surface area contributed by atoms with Gasteiger partial charge in [0.15, 0.2) is 6.29 Å². The van der Waals surface area contributed by atoms with Crippen molar-refractivity contribution in [3.63, 3.8) is 0 Å². The predicted octanol–water partition coefficient (Wildman–Crippen LogP) is 2.56. The molecule has 2 rings (SSSR count). The molecule has 14 heavy (non-hydrogen) atoms. The molecule has 0 unspecified atom stereocenters. The van der Waals surface area contributed by atoms with Gasteiger partial charge in [-0.2, -0.15) is 0 Å². The molecule has 0 aliphatic carbocycles. The van der Waals surface area contributed by atoms with E-state index in [1.807, 2.05) is 6.92 Å². The first-order chi connectivity index (χ1) is 6.76. The number of furan rings is 1. The number of rotatable bonds is 2. The Balaban J connectivity index is 2.77. The van der Waals surface area contributed by atoms with Crippen LogP contribution in [0.3, 0.4) is 0 Å². The Kier molecular flexibility index (Phi) is 2.00. The van der Waals surface area contributed by atoms with E-state index in [0.717, 1.165) is 22.8 Å². The van der Waals surface area contributed by atoms with Crippen LogP contribution in [0.5, 0.6) is 5.75 Å². The second-order valence-corrected chi connectivity index (χ2v) is 3.13. The molecule has 0 bridgehead atoms. The van der Waals surface area contributed by atoms with E-state index in [0.29, 0.717) is 11.3 Å². The van der Waals surface area contributed by atoms with Crippen molar-refractivity contribution in [2.45, 2.75) is 6.92 Å². The average molecular weight is 190 g/mol. The summed E-state index contributed by atoms with van der Waals surface area (Å²) in [7, 11) is 1.53. The van der Waals surface area contributed by atoms with Crippen molar-refractivity contribution in [1.29, 1.82) is 0 Å². The van der Waals surface area contributed by atoms with Gasteiger partial charge in [0.1, 0.15) is 11.3 Å². The quantitative estimate of drug-likeness (QED) is 0.683. The maximum Gasteiger partial charge on any atom is 0.153 e. The smallest absolute Gasteiger partial charge is 0.153 e. The van der Waals surface area contributed by atoms with Gasteiger partial charge >= 0.3 is 0 Å². The summed E-state index contributed by atoms with van der Waals surface area (Å²) in [5.74, 6) is 0.543. The van der Waals surface area contributed by atoms with Crippen molar-refractivity contribution >= 4 is 17.3 Å². The van der Waals surface area contributed by atoms with Gasteiger partial charge < -0.3 is 9.15 Å². The molecule has 1 heterocycles. The molecule has 0 aliphatic rings. The lowest BCUT2D eigenvalue weighted by atomic mass is 10.1. The molecule has 0 spiro atoms. The number of ether oxygens (including phenoxy) is 1. The molecule has 0 N–H and O–H groups in total. The third-order valence-corrected chi connectivity index (χ3v) is 2.25. The lowest BCUT2D eigenvalue weighted by Gasteiger charge is -2.02. The Bertz CT molecular complexity index is 482. The minimum Gasteiger partial charge on any atom is -0.496 e. The highest BCUT2D eigenvalue weighted by Gasteiger charge is 2.08. The van der Waals surface area contributed by atoms with Crippen LogP contribution in [-0.4, -0.2) is 13.4 Å². The topological polar surface area (TPSA) is 39.4 Å². The van der Waals surface area contributed by atoms with E-state index in [1.165, 1.54) is 7.11 Å². The fourth-order valence-electron chi connectivity index (χ4n) is 1.47. The fraction of sp³-hybridized carbons (Fsp3) is 0.182. The summed E-state index contributed by atoms with van der Waals surface area (Å²) in [6.45, 7) is 1.94. The third-order valence-electron chi connectivity index (χ3n) is 2.25. The molecule has 0 saturated carbocycles. The van der Waals surface area contributed by atoms with Crippen LogP contribution < -0.4 is 4.74 Å². The monoisotopic (exact) mass is 190 g/mol. The van der Waals surface area contributed by atoms with Gasteiger partial charge in [0.2, 0.25) is 0 Å². The maximum absolute atomic E-state index is 10.8. The summed E-state index contributed by atoms with van der Waals surface area (Å²) in [5, 5.41) is 0.952. The van der Waals surface area contributed by atoms with Crippen molar-refractivity contribution < 1.29 is 13.9 Å². The number of fused-ring (bicyclic) bond motifs is 1. The molecule has 0 fully saturated rings. The standard InChI is InChI=1S/C11H10O3/c1-7-6-14-11-4-10(13-2)8(5-12)3-9(7)11/h3-6H,1-2H3. The van der Waals surface area contributed by atoms with Crippen LogP contribution in [0.1, 0.15) is 15.9 Å². The van der Waals surface area contributed by atoms with E-state index < -0.39 is 0 Å². The molecule has 0 amide bonds. The first-order valence-electron chi connectivity index (χ1n) is 4.27. The average Bonchev–Trinajstić information content (AvgIpc) is 2.58. The Labute approximate surface area is 81.3 Å². The van der Waals surface area contributed by atoms with Crippen LogP contribution in [0.15, 0.2) is 22.8 Å². The van der Waals surface area contributed by atoms with E-state index >= 15 is 0 Å². The van der Waals surface area contributed by atoms with Gasteiger partial charge in [-0.1, -0.05) is 0 Å². The van der Waals surface area contributed by atoms with Gasteiger partial charge in [-0.25, -0.2) is 0 Å². The van der Waals surface area contributed by atoms with Crippen molar-refractivity contribution in [1.82, 2.24) is 0 Å². The van der Waals surface area contributed by atoms with Crippen molar-refractivity contribution in [2.24, 2.45) is 0 Å². The molecule has 2 aromatic rings. The van der Waals surface area contributed by atoms with Gasteiger partial charge in [-0.3, -0.25) is 4.79 Å². The zero-order chi connectivity index (χ0) is 10.1. The summed E-state index contributed by atoms with van der Waals surface area (Å²) in [4.78, 5) is 10.8. The third kappa shape index (κ3) is 1.18. The molecule has 0 atom stereocenters. The molecule has 0 saturated heterocycles. The molecular formula is C11H10O3. The number of carbonyl (C=O) groups is 1. The Morgan fingerprint density at radius 3 is 2.86 bits per heavy atom. The van der Waals surface area contributed by atoms with Crippen LogP contribution in [0, 0.1) is 6.92 Å². The largest absolute Gasteiger partial charge is 0.496 e. The molecule has 0 aliphatic heterocycles. The first kappa shape index (κ1) is 8.81. The molecule has 1 aromatic heterocycles. The lowest BCUT2D eigenvalue weighted by Crippen LogP contribution is -1.89. The number of hydrogen-bond acceptors (Lipinski definition) is 3. The minimum atomic E-state index is 0.543. The van der Waals surface area contributed by atoms with Gasteiger partial charge in [0.05, 0.1) is 18.9 Å². The predicted molar refractivity (Wildman–Crippen MR) is 52.9 cm³/mol. The highest BCUT2D eigenvalue weighted by molar-refractivity contribution is 5.91.